The molecule has 2 amide bonds. The lowest BCUT2D eigenvalue weighted by Gasteiger charge is -2.11. The van der Waals surface area contributed by atoms with Crippen molar-refractivity contribution in [2.45, 2.75) is 33.3 Å². The summed E-state index contributed by atoms with van der Waals surface area (Å²) >= 11 is 0.605. The number of anilines is 1. The number of rotatable bonds is 8. The second kappa shape index (κ2) is 10.8. The lowest BCUT2D eigenvalue weighted by atomic mass is 10.0. The van der Waals surface area contributed by atoms with E-state index in [0.717, 1.165) is 22.9 Å². The molecule has 10 nitrogen and oxygen atoms in total. The van der Waals surface area contributed by atoms with Gasteiger partial charge in [-0.1, -0.05) is 0 Å². The molecule has 0 fully saturated rings. The van der Waals surface area contributed by atoms with Gasteiger partial charge in [-0.2, -0.15) is 23.4 Å². The second-order valence-corrected chi connectivity index (χ2v) is 9.93. The molecular formula is C26H20F5N7O3S. The van der Waals surface area contributed by atoms with Gasteiger partial charge in [0.2, 0.25) is 0 Å². The standard InChI is InChI=1S/C26H20F5N7O3S/c1-3-37-10-15(12(2)35-37)14-9-19(26(29,30)31)33-25-20(14)21(22(42-25)23(32)39)34-24(40)17-6-7-38(36-17)11-41-18-5-4-13(27)8-16(18)28/h4-10H,3,11H2,1-2H3,(H2,32,39)(H,34,40). The van der Waals surface area contributed by atoms with Crippen LogP contribution in [0.15, 0.2) is 42.7 Å². The van der Waals surface area contributed by atoms with E-state index in [1.807, 2.05) is 0 Å². The molecular weight excluding hydrogens is 585 g/mol. The molecule has 16 heteroatoms. The number of fused-ring (bicyclic) bond motifs is 1. The summed E-state index contributed by atoms with van der Waals surface area (Å²) in [5.74, 6) is -3.77. The molecule has 4 aromatic heterocycles. The number of hydrogen-bond acceptors (Lipinski definition) is 7. The zero-order valence-electron chi connectivity index (χ0n) is 21.8. The van der Waals surface area contributed by atoms with Crippen LogP contribution in [0.2, 0.25) is 0 Å². The van der Waals surface area contributed by atoms with Crippen molar-refractivity contribution in [1.82, 2.24) is 24.5 Å². The van der Waals surface area contributed by atoms with Gasteiger partial charge in [0.25, 0.3) is 11.8 Å². The number of primary amides is 1. The van der Waals surface area contributed by atoms with Crippen LogP contribution in [-0.4, -0.2) is 36.4 Å². The number of alkyl halides is 3. The maximum Gasteiger partial charge on any atom is 0.433 e. The predicted molar refractivity (Wildman–Crippen MR) is 142 cm³/mol. The van der Waals surface area contributed by atoms with Crippen molar-refractivity contribution in [3.63, 3.8) is 0 Å². The highest BCUT2D eigenvalue weighted by Crippen LogP contribution is 2.44. The van der Waals surface area contributed by atoms with Crippen molar-refractivity contribution >= 4 is 39.1 Å². The van der Waals surface area contributed by atoms with Gasteiger partial charge in [-0.3, -0.25) is 14.3 Å². The molecule has 4 heterocycles. The highest BCUT2D eigenvalue weighted by Gasteiger charge is 2.35. The van der Waals surface area contributed by atoms with Gasteiger partial charge in [-0.15, -0.1) is 11.3 Å². The van der Waals surface area contributed by atoms with Crippen LogP contribution in [0.25, 0.3) is 21.3 Å². The largest absolute Gasteiger partial charge is 0.468 e. The van der Waals surface area contributed by atoms with Gasteiger partial charge in [0, 0.05) is 36.0 Å². The van der Waals surface area contributed by atoms with Crippen LogP contribution < -0.4 is 15.8 Å². The maximum absolute atomic E-state index is 13.9. The smallest absolute Gasteiger partial charge is 0.433 e. The molecule has 0 unspecified atom stereocenters. The number of aromatic nitrogens is 5. The summed E-state index contributed by atoms with van der Waals surface area (Å²) in [4.78, 5) is 28.9. The van der Waals surface area contributed by atoms with E-state index >= 15 is 0 Å². The molecule has 0 atom stereocenters. The van der Waals surface area contributed by atoms with Gasteiger partial charge in [-0.05, 0) is 43.7 Å². The molecule has 0 spiro atoms. The van der Waals surface area contributed by atoms with Gasteiger partial charge in [0.1, 0.15) is 21.2 Å². The number of amides is 2. The van der Waals surface area contributed by atoms with Crippen LogP contribution >= 0.6 is 11.3 Å². The Hall–Kier alpha value is -4.86. The summed E-state index contributed by atoms with van der Waals surface area (Å²) in [6, 6.07) is 4.89. The Balaban J connectivity index is 1.53. The number of nitrogens with two attached hydrogens (primary N) is 1. The number of aryl methyl sites for hydroxylation is 2. The maximum atomic E-state index is 13.9. The van der Waals surface area contributed by atoms with Crippen LogP contribution in [0.4, 0.5) is 27.6 Å². The Morgan fingerprint density at radius 1 is 1.10 bits per heavy atom. The summed E-state index contributed by atoms with van der Waals surface area (Å²) in [6.07, 6.45) is -1.89. The van der Waals surface area contributed by atoms with Gasteiger partial charge >= 0.3 is 6.18 Å². The third-order valence-electron chi connectivity index (χ3n) is 6.09. The molecule has 0 bridgehead atoms. The zero-order valence-corrected chi connectivity index (χ0v) is 22.6. The van der Waals surface area contributed by atoms with E-state index in [1.54, 1.807) is 20.0 Å². The number of nitrogens with zero attached hydrogens (tertiary/aromatic N) is 5. The molecule has 5 rings (SSSR count). The minimum atomic E-state index is -4.80. The highest BCUT2D eigenvalue weighted by molar-refractivity contribution is 7.21. The SMILES string of the molecule is CCn1cc(-c2cc(C(F)(F)F)nc3sc(C(N)=O)c(NC(=O)c4ccn(COc5ccc(F)cc5F)n4)c23)c(C)n1. The van der Waals surface area contributed by atoms with Crippen molar-refractivity contribution < 1.29 is 36.3 Å². The van der Waals surface area contributed by atoms with Crippen LogP contribution in [0.3, 0.4) is 0 Å². The molecule has 1 aromatic carbocycles. The fraction of sp³-hybridized carbons (Fsp3) is 0.192. The molecule has 42 heavy (non-hydrogen) atoms. The summed E-state index contributed by atoms with van der Waals surface area (Å²) in [5.41, 5.74) is 4.86. The van der Waals surface area contributed by atoms with Crippen molar-refractivity contribution in [3.8, 4) is 16.9 Å². The van der Waals surface area contributed by atoms with E-state index in [4.69, 9.17) is 10.5 Å². The Morgan fingerprint density at radius 3 is 2.50 bits per heavy atom. The second-order valence-electron chi connectivity index (χ2n) is 8.93. The lowest BCUT2D eigenvalue weighted by Crippen LogP contribution is -2.18. The van der Waals surface area contributed by atoms with E-state index < -0.39 is 35.3 Å². The first kappa shape index (κ1) is 28.7. The number of nitrogens with one attached hydrogen (secondary N) is 1. The minimum Gasteiger partial charge on any atom is -0.468 e. The number of pyridine rings is 1. The molecule has 0 radical (unpaired) electrons. The van der Waals surface area contributed by atoms with Crippen LogP contribution in [0.1, 0.15) is 38.5 Å². The Kier molecular flexibility index (Phi) is 7.40. The third-order valence-corrected chi connectivity index (χ3v) is 7.19. The number of ether oxygens (including phenoxy) is 1. The highest BCUT2D eigenvalue weighted by atomic mass is 32.1. The third kappa shape index (κ3) is 5.52. The van der Waals surface area contributed by atoms with Crippen LogP contribution in [0, 0.1) is 18.6 Å². The lowest BCUT2D eigenvalue weighted by molar-refractivity contribution is -0.140. The number of thiophene rings is 1. The van der Waals surface area contributed by atoms with Gasteiger partial charge < -0.3 is 15.8 Å². The quantitative estimate of drug-likeness (QED) is 0.229. The van der Waals surface area contributed by atoms with E-state index in [1.165, 1.54) is 16.9 Å². The number of halogens is 5. The van der Waals surface area contributed by atoms with Crippen LogP contribution in [0.5, 0.6) is 5.75 Å². The summed E-state index contributed by atoms with van der Waals surface area (Å²) < 4.78 is 76.3. The van der Waals surface area contributed by atoms with Crippen molar-refractivity contribution in [1.29, 1.82) is 0 Å². The first-order valence-electron chi connectivity index (χ1n) is 12.2. The Bertz CT molecular complexity index is 1840. The minimum absolute atomic E-state index is 0.0452. The first-order valence-corrected chi connectivity index (χ1v) is 13.0. The fourth-order valence-corrected chi connectivity index (χ4v) is 5.16. The molecule has 218 valence electrons. The topological polar surface area (TPSA) is 130 Å². The summed E-state index contributed by atoms with van der Waals surface area (Å²) in [5, 5.41) is 11.0. The molecule has 0 saturated carbocycles. The summed E-state index contributed by atoms with van der Waals surface area (Å²) in [6.45, 7) is 3.54. The van der Waals surface area contributed by atoms with Gasteiger partial charge in [0.15, 0.2) is 24.0 Å². The Morgan fingerprint density at radius 2 is 1.86 bits per heavy atom. The van der Waals surface area contributed by atoms with E-state index in [2.05, 4.69) is 20.5 Å². The molecule has 0 saturated heterocycles. The molecule has 0 aliphatic rings. The number of hydrogen-bond donors (Lipinski definition) is 2. The van der Waals surface area contributed by atoms with Crippen molar-refractivity contribution in [3.05, 3.63) is 76.3 Å². The fourth-order valence-electron chi connectivity index (χ4n) is 4.15. The van der Waals surface area contributed by atoms with Crippen molar-refractivity contribution in [2.75, 3.05) is 5.32 Å². The van der Waals surface area contributed by atoms with E-state index in [-0.39, 0.29) is 44.5 Å². The van der Waals surface area contributed by atoms with Crippen LogP contribution in [-0.2, 0) is 19.5 Å². The van der Waals surface area contributed by atoms with Gasteiger partial charge in [-0.25, -0.2) is 18.4 Å². The molecule has 3 N–H and O–H groups in total. The molecule has 0 aliphatic carbocycles. The summed E-state index contributed by atoms with van der Waals surface area (Å²) in [7, 11) is 0. The molecule has 5 aromatic rings. The number of carbonyl (C=O) groups excluding carboxylic acids is 2. The van der Waals surface area contributed by atoms with E-state index in [0.29, 0.717) is 35.2 Å². The normalized spacial score (nSPS) is 11.7. The van der Waals surface area contributed by atoms with Gasteiger partial charge in [0.05, 0.1) is 11.4 Å². The zero-order chi connectivity index (χ0) is 30.3. The van der Waals surface area contributed by atoms with E-state index in [9.17, 15) is 31.5 Å². The number of carbonyl (C=O) groups is 2. The van der Waals surface area contributed by atoms with Crippen molar-refractivity contribution in [2.24, 2.45) is 5.73 Å². The first-order chi connectivity index (χ1) is 19.8. The predicted octanol–water partition coefficient (Wildman–Crippen LogP) is 5.37. The molecule has 0 aliphatic heterocycles. The Labute approximate surface area is 237 Å². The number of benzene rings is 1. The average Bonchev–Trinajstić information content (AvgIpc) is 3.64. The average molecular weight is 606 g/mol. The monoisotopic (exact) mass is 605 g/mol.